The Labute approximate surface area is 113 Å². The van der Waals surface area contributed by atoms with E-state index < -0.39 is 5.97 Å². The van der Waals surface area contributed by atoms with Gasteiger partial charge in [0.25, 0.3) is 0 Å². The topological polar surface area (TPSA) is 40.5 Å². The van der Waals surface area contributed by atoms with Gasteiger partial charge in [0.15, 0.2) is 0 Å². The molecule has 1 aromatic rings. The lowest BCUT2D eigenvalue weighted by Crippen LogP contribution is -2.25. The van der Waals surface area contributed by atoms with Crippen LogP contribution >= 0.6 is 0 Å². The maximum absolute atomic E-state index is 13.7. The fraction of sp³-hybridized carbons (Fsp3) is 0.533. The molecule has 1 unspecified atom stereocenters. The molecule has 104 valence electrons. The Kier molecular flexibility index (Phi) is 4.53. The van der Waals surface area contributed by atoms with Gasteiger partial charge in [-0.25, -0.2) is 9.18 Å². The molecular weight excluding hydrogens is 245 g/mol. The van der Waals surface area contributed by atoms with Crippen molar-refractivity contribution in [2.45, 2.75) is 32.7 Å². The minimum atomic E-state index is -1.01. The number of carbonyl (C=O) groups is 1. The van der Waals surface area contributed by atoms with Crippen LogP contribution < -0.4 is 0 Å². The number of halogens is 1. The van der Waals surface area contributed by atoms with Gasteiger partial charge < -0.3 is 5.11 Å². The standard InChI is InChI=1S/C15H20FNO2/c1-11-3-2-7-17(8-6-11)10-13-9-12(15(18)19)4-5-14(13)16/h4-5,9,11H,2-3,6-8,10H2,1H3,(H,18,19). The minimum Gasteiger partial charge on any atom is -0.478 e. The molecule has 1 saturated heterocycles. The highest BCUT2D eigenvalue weighted by Crippen LogP contribution is 2.19. The molecule has 1 atom stereocenters. The Morgan fingerprint density at radius 2 is 2.21 bits per heavy atom. The molecule has 0 bridgehead atoms. The SMILES string of the molecule is CC1CCCN(Cc2cc(C(=O)O)ccc2F)CC1. The lowest BCUT2D eigenvalue weighted by molar-refractivity contribution is 0.0696. The van der Waals surface area contributed by atoms with Gasteiger partial charge >= 0.3 is 5.97 Å². The second-order valence-corrected chi connectivity index (χ2v) is 5.42. The van der Waals surface area contributed by atoms with Gasteiger partial charge in [0.1, 0.15) is 5.82 Å². The van der Waals surface area contributed by atoms with Crippen LogP contribution in [0.2, 0.25) is 0 Å². The zero-order valence-electron chi connectivity index (χ0n) is 11.2. The van der Waals surface area contributed by atoms with Crippen LogP contribution in [0.4, 0.5) is 4.39 Å². The van der Waals surface area contributed by atoms with E-state index in [1.165, 1.54) is 24.6 Å². The fourth-order valence-corrected chi connectivity index (χ4v) is 2.55. The molecule has 1 aliphatic rings. The number of benzene rings is 1. The van der Waals surface area contributed by atoms with Crippen molar-refractivity contribution in [3.8, 4) is 0 Å². The Balaban J connectivity index is 2.09. The first-order valence-corrected chi connectivity index (χ1v) is 6.80. The lowest BCUT2D eigenvalue weighted by atomic mass is 10.0. The molecule has 0 aliphatic carbocycles. The van der Waals surface area contributed by atoms with Crippen LogP contribution in [0.1, 0.15) is 42.1 Å². The van der Waals surface area contributed by atoms with Crippen LogP contribution in [0.5, 0.6) is 0 Å². The summed E-state index contributed by atoms with van der Waals surface area (Å²) in [6.45, 7) is 4.66. The number of carboxylic acid groups (broad SMARTS) is 1. The lowest BCUT2D eigenvalue weighted by Gasteiger charge is -2.20. The van der Waals surface area contributed by atoms with Crippen molar-refractivity contribution in [2.75, 3.05) is 13.1 Å². The predicted octanol–water partition coefficient (Wildman–Crippen LogP) is 3.15. The Morgan fingerprint density at radius 1 is 1.42 bits per heavy atom. The molecule has 4 heteroatoms. The van der Waals surface area contributed by atoms with Crippen molar-refractivity contribution < 1.29 is 14.3 Å². The molecule has 19 heavy (non-hydrogen) atoms. The summed E-state index contributed by atoms with van der Waals surface area (Å²) in [4.78, 5) is 13.1. The summed E-state index contributed by atoms with van der Waals surface area (Å²) in [5.74, 6) is -0.603. The van der Waals surface area contributed by atoms with Gasteiger partial charge in [0.05, 0.1) is 5.56 Å². The van der Waals surface area contributed by atoms with Crippen LogP contribution in [0.25, 0.3) is 0 Å². The number of hydrogen-bond acceptors (Lipinski definition) is 2. The summed E-state index contributed by atoms with van der Waals surface area (Å²) in [5.41, 5.74) is 0.633. The first kappa shape index (κ1) is 14.0. The largest absolute Gasteiger partial charge is 0.478 e. The van der Waals surface area contributed by atoms with Crippen LogP contribution in [-0.4, -0.2) is 29.1 Å². The fourth-order valence-electron chi connectivity index (χ4n) is 2.55. The van der Waals surface area contributed by atoms with Crippen LogP contribution in [0.3, 0.4) is 0 Å². The summed E-state index contributed by atoms with van der Waals surface area (Å²) in [7, 11) is 0. The van der Waals surface area contributed by atoms with Crippen molar-refractivity contribution in [1.82, 2.24) is 4.90 Å². The maximum Gasteiger partial charge on any atom is 0.335 e. The molecule has 1 fully saturated rings. The van der Waals surface area contributed by atoms with Crippen molar-refractivity contribution in [3.63, 3.8) is 0 Å². The van der Waals surface area contributed by atoms with E-state index in [1.54, 1.807) is 0 Å². The summed E-state index contributed by atoms with van der Waals surface area (Å²) < 4.78 is 13.7. The first-order chi connectivity index (χ1) is 9.06. The molecule has 1 N–H and O–H groups in total. The summed E-state index contributed by atoms with van der Waals surface area (Å²) in [5, 5.41) is 8.95. The van der Waals surface area contributed by atoms with Crippen LogP contribution in [0, 0.1) is 11.7 Å². The molecule has 1 aliphatic heterocycles. The molecule has 0 amide bonds. The van der Waals surface area contributed by atoms with Gasteiger partial charge in [0, 0.05) is 12.1 Å². The minimum absolute atomic E-state index is 0.152. The first-order valence-electron chi connectivity index (χ1n) is 6.80. The summed E-state index contributed by atoms with van der Waals surface area (Å²) >= 11 is 0. The third kappa shape index (κ3) is 3.77. The quantitative estimate of drug-likeness (QED) is 0.912. The van der Waals surface area contributed by atoms with E-state index in [-0.39, 0.29) is 11.4 Å². The van der Waals surface area contributed by atoms with Crippen LogP contribution in [-0.2, 0) is 6.54 Å². The Hall–Kier alpha value is -1.42. The summed E-state index contributed by atoms with van der Waals surface area (Å²) in [6, 6.07) is 4.01. The average molecular weight is 265 g/mol. The molecule has 0 aromatic heterocycles. The molecule has 0 radical (unpaired) electrons. The van der Waals surface area contributed by atoms with Crippen molar-refractivity contribution in [1.29, 1.82) is 0 Å². The van der Waals surface area contributed by atoms with Crippen molar-refractivity contribution >= 4 is 5.97 Å². The normalized spacial score (nSPS) is 21.1. The molecule has 1 aromatic carbocycles. The van der Waals surface area contributed by atoms with E-state index in [2.05, 4.69) is 11.8 Å². The Bertz CT molecular complexity index is 461. The van der Waals surface area contributed by atoms with Gasteiger partial charge in [-0.1, -0.05) is 6.92 Å². The number of likely N-dealkylation sites (tertiary alicyclic amines) is 1. The van der Waals surface area contributed by atoms with E-state index in [9.17, 15) is 9.18 Å². The molecule has 0 spiro atoms. The zero-order chi connectivity index (χ0) is 13.8. The van der Waals surface area contributed by atoms with Crippen LogP contribution in [0.15, 0.2) is 18.2 Å². The number of aromatic carboxylic acids is 1. The van der Waals surface area contributed by atoms with E-state index in [1.807, 2.05) is 0 Å². The average Bonchev–Trinajstić information content (AvgIpc) is 2.57. The highest BCUT2D eigenvalue weighted by atomic mass is 19.1. The zero-order valence-corrected chi connectivity index (χ0v) is 11.2. The van der Waals surface area contributed by atoms with E-state index in [0.29, 0.717) is 12.1 Å². The Morgan fingerprint density at radius 3 is 2.95 bits per heavy atom. The van der Waals surface area contributed by atoms with Gasteiger partial charge in [0.2, 0.25) is 0 Å². The van der Waals surface area contributed by atoms with E-state index in [4.69, 9.17) is 5.11 Å². The molecule has 2 rings (SSSR count). The third-order valence-electron chi connectivity index (χ3n) is 3.80. The molecular formula is C15H20FNO2. The number of nitrogens with zero attached hydrogens (tertiary/aromatic N) is 1. The predicted molar refractivity (Wildman–Crippen MR) is 71.7 cm³/mol. The van der Waals surface area contributed by atoms with Gasteiger partial charge in [-0.2, -0.15) is 0 Å². The second kappa shape index (κ2) is 6.15. The molecule has 3 nitrogen and oxygen atoms in total. The van der Waals surface area contributed by atoms with Crippen molar-refractivity contribution in [3.05, 3.63) is 35.1 Å². The number of carboxylic acids is 1. The maximum atomic E-state index is 13.7. The van der Waals surface area contributed by atoms with Gasteiger partial charge in [-0.3, -0.25) is 4.90 Å². The highest BCUT2D eigenvalue weighted by molar-refractivity contribution is 5.87. The number of hydrogen-bond donors (Lipinski definition) is 1. The van der Waals surface area contributed by atoms with E-state index >= 15 is 0 Å². The monoisotopic (exact) mass is 265 g/mol. The second-order valence-electron chi connectivity index (χ2n) is 5.42. The van der Waals surface area contributed by atoms with E-state index in [0.717, 1.165) is 31.8 Å². The highest BCUT2D eigenvalue weighted by Gasteiger charge is 2.16. The number of rotatable bonds is 3. The van der Waals surface area contributed by atoms with Gasteiger partial charge in [-0.05, 0) is 56.5 Å². The van der Waals surface area contributed by atoms with Crippen molar-refractivity contribution in [2.24, 2.45) is 5.92 Å². The summed E-state index contributed by atoms with van der Waals surface area (Å²) in [6.07, 6.45) is 3.47. The molecule has 1 heterocycles. The molecule has 0 saturated carbocycles. The smallest absolute Gasteiger partial charge is 0.335 e. The van der Waals surface area contributed by atoms with Gasteiger partial charge in [-0.15, -0.1) is 0 Å². The third-order valence-corrected chi connectivity index (χ3v) is 3.80.